The van der Waals surface area contributed by atoms with E-state index in [1.807, 2.05) is 59.7 Å². The van der Waals surface area contributed by atoms with Crippen LogP contribution >= 0.6 is 0 Å². The number of aromatic nitrogens is 1. The Hall–Kier alpha value is -2.32. The van der Waals surface area contributed by atoms with Gasteiger partial charge < -0.3 is 24.3 Å². The number of hydrogen-bond donors (Lipinski definition) is 1. The number of benzene rings is 1. The summed E-state index contributed by atoms with van der Waals surface area (Å²) < 4.78 is 19.0. The lowest BCUT2D eigenvalue weighted by Gasteiger charge is -2.21. The Balaban J connectivity index is 1.96. The monoisotopic (exact) mass is 386 g/mol. The van der Waals surface area contributed by atoms with Crippen LogP contribution in [0.4, 0.5) is 0 Å². The van der Waals surface area contributed by atoms with Crippen molar-refractivity contribution in [2.24, 2.45) is 5.73 Å². The summed E-state index contributed by atoms with van der Waals surface area (Å²) in [4.78, 5) is 24.2. The van der Waals surface area contributed by atoms with Crippen molar-refractivity contribution < 1.29 is 23.6 Å². The fourth-order valence-corrected chi connectivity index (χ4v) is 3.20. The summed E-state index contributed by atoms with van der Waals surface area (Å²) >= 11 is 0. The Labute approximate surface area is 165 Å². The minimum atomic E-state index is -0.583. The van der Waals surface area contributed by atoms with Gasteiger partial charge in [0, 0.05) is 17.1 Å². The lowest BCUT2D eigenvalue weighted by atomic mass is 9.78. The van der Waals surface area contributed by atoms with E-state index in [-0.39, 0.29) is 18.6 Å². The summed E-state index contributed by atoms with van der Waals surface area (Å²) in [5.41, 5.74) is 6.42. The van der Waals surface area contributed by atoms with Crippen molar-refractivity contribution in [3.8, 4) is 0 Å². The molecule has 1 aliphatic heterocycles. The van der Waals surface area contributed by atoms with Crippen LogP contribution in [0.5, 0.6) is 0 Å². The third-order valence-electron chi connectivity index (χ3n) is 4.88. The number of nitrogens with two attached hydrogens (primary N) is 1. The molecule has 2 aromatic rings. The van der Waals surface area contributed by atoms with Gasteiger partial charge in [-0.1, -0.05) is 12.1 Å². The van der Waals surface area contributed by atoms with Gasteiger partial charge in [-0.15, -0.1) is 0 Å². The SMILES string of the molecule is CC1OB(c2ccc3c(c2)c(C(N)=O)cn3CC(=O)OC(C)(C)C)OC1(C)C. The minimum Gasteiger partial charge on any atom is -0.459 e. The molecule has 0 bridgehead atoms. The molecule has 1 unspecified atom stereocenters. The molecule has 1 aromatic heterocycles. The minimum absolute atomic E-state index is 0.0130. The van der Waals surface area contributed by atoms with E-state index in [1.165, 1.54) is 0 Å². The van der Waals surface area contributed by atoms with Crippen LogP contribution in [-0.2, 0) is 25.4 Å². The molecular weight excluding hydrogens is 359 g/mol. The van der Waals surface area contributed by atoms with Gasteiger partial charge in [0.1, 0.15) is 12.1 Å². The molecule has 7 nitrogen and oxygen atoms in total. The fraction of sp³-hybridized carbons (Fsp3) is 0.500. The predicted molar refractivity (Wildman–Crippen MR) is 107 cm³/mol. The number of ether oxygens (including phenoxy) is 1. The van der Waals surface area contributed by atoms with Crippen molar-refractivity contribution in [2.45, 2.75) is 65.4 Å². The van der Waals surface area contributed by atoms with Gasteiger partial charge in [-0.3, -0.25) is 9.59 Å². The average molecular weight is 386 g/mol. The second kappa shape index (κ2) is 6.94. The molecule has 1 aromatic carbocycles. The first kappa shape index (κ1) is 20.4. The maximum Gasteiger partial charge on any atom is 0.494 e. The van der Waals surface area contributed by atoms with E-state index < -0.39 is 24.2 Å². The summed E-state index contributed by atoms with van der Waals surface area (Å²) in [6.07, 6.45) is 1.52. The number of carbonyl (C=O) groups is 2. The Kier molecular flexibility index (Phi) is 5.06. The summed E-state index contributed by atoms with van der Waals surface area (Å²) in [6.45, 7) is 11.3. The molecule has 8 heteroatoms. The van der Waals surface area contributed by atoms with Crippen LogP contribution in [0.3, 0.4) is 0 Å². The maximum atomic E-state index is 12.2. The van der Waals surface area contributed by atoms with E-state index in [1.54, 1.807) is 10.8 Å². The first-order valence-corrected chi connectivity index (χ1v) is 9.35. The van der Waals surface area contributed by atoms with Gasteiger partial charge in [-0.25, -0.2) is 0 Å². The predicted octanol–water partition coefficient (Wildman–Crippen LogP) is 1.99. The highest BCUT2D eigenvalue weighted by atomic mass is 16.7. The number of nitrogens with zero attached hydrogens (tertiary/aromatic N) is 1. The van der Waals surface area contributed by atoms with E-state index in [0.717, 1.165) is 5.46 Å². The van der Waals surface area contributed by atoms with E-state index in [2.05, 4.69) is 0 Å². The number of fused-ring (bicyclic) bond motifs is 1. The van der Waals surface area contributed by atoms with Crippen LogP contribution in [-0.4, -0.2) is 40.9 Å². The van der Waals surface area contributed by atoms with Gasteiger partial charge in [0.25, 0.3) is 5.91 Å². The molecule has 1 amide bonds. The van der Waals surface area contributed by atoms with Crippen molar-refractivity contribution in [2.75, 3.05) is 0 Å². The number of primary amides is 1. The molecule has 0 radical (unpaired) electrons. The summed E-state index contributed by atoms with van der Waals surface area (Å²) in [7, 11) is -0.524. The van der Waals surface area contributed by atoms with Crippen LogP contribution in [0.1, 0.15) is 51.9 Å². The quantitative estimate of drug-likeness (QED) is 0.641. The molecular formula is C20H27BN2O5. The van der Waals surface area contributed by atoms with Crippen molar-refractivity contribution >= 4 is 35.4 Å². The van der Waals surface area contributed by atoms with Gasteiger partial charge in [0.15, 0.2) is 0 Å². The lowest BCUT2D eigenvalue weighted by Crippen LogP contribution is -2.34. The summed E-state index contributed by atoms with van der Waals surface area (Å²) in [5.74, 6) is -0.949. The molecule has 1 atom stereocenters. The molecule has 1 fully saturated rings. The van der Waals surface area contributed by atoms with Crippen LogP contribution < -0.4 is 11.2 Å². The number of hydrogen-bond acceptors (Lipinski definition) is 5. The number of amides is 1. The Morgan fingerprint density at radius 2 is 2.00 bits per heavy atom. The molecule has 1 saturated heterocycles. The van der Waals surface area contributed by atoms with E-state index >= 15 is 0 Å². The van der Waals surface area contributed by atoms with Gasteiger partial charge in [0.05, 0.1) is 17.3 Å². The van der Waals surface area contributed by atoms with Crippen LogP contribution in [0, 0.1) is 0 Å². The Morgan fingerprint density at radius 3 is 2.54 bits per heavy atom. The summed E-state index contributed by atoms with van der Waals surface area (Å²) in [6, 6.07) is 5.54. The summed E-state index contributed by atoms with van der Waals surface area (Å²) in [5, 5.41) is 0.651. The Morgan fingerprint density at radius 1 is 1.32 bits per heavy atom. The lowest BCUT2D eigenvalue weighted by molar-refractivity contribution is -0.155. The number of rotatable bonds is 4. The van der Waals surface area contributed by atoms with Gasteiger partial charge in [-0.2, -0.15) is 0 Å². The number of carbonyl (C=O) groups excluding carboxylic acids is 2. The second-order valence-electron chi connectivity index (χ2n) is 8.73. The fourth-order valence-electron chi connectivity index (χ4n) is 3.20. The molecule has 3 rings (SSSR count). The van der Waals surface area contributed by atoms with E-state index in [9.17, 15) is 9.59 Å². The maximum absolute atomic E-state index is 12.2. The van der Waals surface area contributed by atoms with Gasteiger partial charge in [0.2, 0.25) is 0 Å². The highest BCUT2D eigenvalue weighted by Gasteiger charge is 2.44. The normalized spacial score (nSPS) is 19.2. The van der Waals surface area contributed by atoms with Crippen LogP contribution in [0.25, 0.3) is 10.9 Å². The zero-order valence-electron chi connectivity index (χ0n) is 17.2. The molecule has 2 N–H and O–H groups in total. The molecule has 2 heterocycles. The Bertz CT molecular complexity index is 929. The van der Waals surface area contributed by atoms with Crippen molar-refractivity contribution in [1.29, 1.82) is 0 Å². The molecule has 150 valence electrons. The largest absolute Gasteiger partial charge is 0.494 e. The molecule has 28 heavy (non-hydrogen) atoms. The standard InChI is InChI=1S/C20H27BN2O5/c1-12-20(5,6)28-21(27-12)13-7-8-16-14(9-13)15(18(22)25)10-23(16)11-17(24)26-19(2,3)4/h7-10,12H,11H2,1-6H3,(H2,22,25). The van der Waals surface area contributed by atoms with Crippen molar-refractivity contribution in [3.05, 3.63) is 30.0 Å². The van der Waals surface area contributed by atoms with Gasteiger partial charge >= 0.3 is 13.1 Å². The smallest absolute Gasteiger partial charge is 0.459 e. The van der Waals surface area contributed by atoms with Crippen molar-refractivity contribution in [1.82, 2.24) is 4.57 Å². The van der Waals surface area contributed by atoms with Gasteiger partial charge in [-0.05, 0) is 53.1 Å². The number of esters is 1. The van der Waals surface area contributed by atoms with Crippen LogP contribution in [0.2, 0.25) is 0 Å². The van der Waals surface area contributed by atoms with E-state index in [0.29, 0.717) is 16.5 Å². The first-order valence-electron chi connectivity index (χ1n) is 9.35. The van der Waals surface area contributed by atoms with Crippen LogP contribution in [0.15, 0.2) is 24.4 Å². The topological polar surface area (TPSA) is 92.8 Å². The molecule has 1 aliphatic rings. The molecule has 0 aliphatic carbocycles. The van der Waals surface area contributed by atoms with E-state index in [4.69, 9.17) is 19.8 Å². The zero-order valence-corrected chi connectivity index (χ0v) is 17.2. The zero-order chi connectivity index (χ0) is 20.9. The molecule has 0 saturated carbocycles. The third-order valence-corrected chi connectivity index (χ3v) is 4.88. The second-order valence-corrected chi connectivity index (χ2v) is 8.73. The van der Waals surface area contributed by atoms with Crippen molar-refractivity contribution in [3.63, 3.8) is 0 Å². The first-order chi connectivity index (χ1) is 12.9. The molecule has 0 spiro atoms. The average Bonchev–Trinajstić information content (AvgIpc) is 3.03. The third kappa shape index (κ3) is 4.08. The highest BCUT2D eigenvalue weighted by Crippen LogP contribution is 2.28. The highest BCUT2D eigenvalue weighted by molar-refractivity contribution is 6.62.